The summed E-state index contributed by atoms with van der Waals surface area (Å²) < 4.78 is 11.3. The maximum atomic E-state index is 5.20. The molecule has 1 atom stereocenters. The molecule has 0 amide bonds. The van der Waals surface area contributed by atoms with E-state index in [-0.39, 0.29) is 0 Å². The van der Waals surface area contributed by atoms with E-state index >= 15 is 0 Å². The molecule has 0 fully saturated rings. The van der Waals surface area contributed by atoms with Crippen LogP contribution in [0.5, 0.6) is 5.75 Å². The Morgan fingerprint density at radius 2 is 2.06 bits per heavy atom. The summed E-state index contributed by atoms with van der Waals surface area (Å²) in [6, 6.07) is 5.94. The maximum Gasteiger partial charge on any atom is 0.122 e. The molecule has 0 heterocycles. The Balaban J connectivity index is 2.56. The fourth-order valence-corrected chi connectivity index (χ4v) is 1.89. The molecule has 0 aromatic heterocycles. The lowest BCUT2D eigenvalue weighted by Crippen LogP contribution is -2.15. The third-order valence-electron chi connectivity index (χ3n) is 2.21. The summed E-state index contributed by atoms with van der Waals surface area (Å²) in [5.41, 5.74) is 1.05. The van der Waals surface area contributed by atoms with E-state index in [1.54, 1.807) is 14.2 Å². The third kappa shape index (κ3) is 4.41. The van der Waals surface area contributed by atoms with Gasteiger partial charge in [0, 0.05) is 29.9 Å². The number of benzene rings is 1. The first-order valence-electron chi connectivity index (χ1n) is 5.23. The summed E-state index contributed by atoms with van der Waals surface area (Å²) in [5.74, 6) is 1.33. The summed E-state index contributed by atoms with van der Waals surface area (Å²) in [7, 11) is 3.39. The van der Waals surface area contributed by atoms with Gasteiger partial charge in [-0.15, -0.1) is 0 Å². The van der Waals surface area contributed by atoms with E-state index < -0.39 is 0 Å². The van der Waals surface area contributed by atoms with Gasteiger partial charge in [-0.1, -0.05) is 22.9 Å². The lowest BCUT2D eigenvalue weighted by Gasteiger charge is -2.13. The van der Waals surface area contributed by atoms with Gasteiger partial charge in [0.05, 0.1) is 13.7 Å². The van der Waals surface area contributed by atoms with Crippen LogP contribution in [0.3, 0.4) is 0 Å². The minimum absolute atomic E-state index is 0.481. The molecule has 1 rings (SSSR count). The number of hydrogen-bond donors (Lipinski definition) is 1. The first-order valence-corrected chi connectivity index (χ1v) is 6.02. The minimum Gasteiger partial charge on any atom is -0.497 e. The molecule has 0 aliphatic carbocycles. The average molecular weight is 288 g/mol. The molecule has 0 spiro atoms. The third-order valence-corrected chi connectivity index (χ3v) is 2.67. The highest BCUT2D eigenvalue weighted by Crippen LogP contribution is 2.24. The van der Waals surface area contributed by atoms with Crippen LogP contribution >= 0.6 is 15.9 Å². The van der Waals surface area contributed by atoms with Crippen molar-refractivity contribution in [2.75, 3.05) is 32.7 Å². The van der Waals surface area contributed by atoms with E-state index in [2.05, 4.69) is 28.2 Å². The van der Waals surface area contributed by atoms with Gasteiger partial charge in [-0.25, -0.2) is 0 Å². The van der Waals surface area contributed by atoms with E-state index in [1.165, 1.54) is 0 Å². The van der Waals surface area contributed by atoms with Crippen LogP contribution < -0.4 is 10.1 Å². The Hall–Kier alpha value is -0.740. The highest BCUT2D eigenvalue weighted by atomic mass is 79.9. The summed E-state index contributed by atoms with van der Waals surface area (Å²) in [6.07, 6.45) is 0. The van der Waals surface area contributed by atoms with Crippen molar-refractivity contribution in [2.24, 2.45) is 5.92 Å². The van der Waals surface area contributed by atoms with Crippen molar-refractivity contribution in [2.45, 2.75) is 6.92 Å². The van der Waals surface area contributed by atoms with Crippen LogP contribution in [0.1, 0.15) is 6.92 Å². The van der Waals surface area contributed by atoms with Crippen molar-refractivity contribution < 1.29 is 9.47 Å². The van der Waals surface area contributed by atoms with Crippen molar-refractivity contribution in [1.29, 1.82) is 0 Å². The van der Waals surface area contributed by atoms with Gasteiger partial charge in [-0.3, -0.25) is 0 Å². The Bertz CT molecular complexity index is 331. The number of ether oxygens (including phenoxy) is 2. The first kappa shape index (κ1) is 13.3. The molecule has 16 heavy (non-hydrogen) atoms. The second kappa shape index (κ2) is 6.76. The van der Waals surface area contributed by atoms with Gasteiger partial charge in [-0.2, -0.15) is 0 Å². The molecule has 0 aliphatic rings. The van der Waals surface area contributed by atoms with E-state index in [0.29, 0.717) is 5.92 Å². The Morgan fingerprint density at radius 1 is 1.31 bits per heavy atom. The standard InChI is InChI=1S/C12H18BrNO2/c1-9(8-15-2)7-14-11-4-10(13)5-12(6-11)16-3/h4-6,9,14H,7-8H2,1-3H3. The summed E-state index contributed by atoms with van der Waals surface area (Å²) in [5, 5.41) is 3.35. The molecule has 3 nitrogen and oxygen atoms in total. The zero-order chi connectivity index (χ0) is 12.0. The van der Waals surface area contributed by atoms with Crippen LogP contribution in [-0.2, 0) is 4.74 Å². The van der Waals surface area contributed by atoms with Gasteiger partial charge in [0.15, 0.2) is 0 Å². The van der Waals surface area contributed by atoms with Crippen molar-refractivity contribution in [1.82, 2.24) is 0 Å². The quantitative estimate of drug-likeness (QED) is 0.872. The molecule has 0 bridgehead atoms. The van der Waals surface area contributed by atoms with Crippen LogP contribution in [0.15, 0.2) is 22.7 Å². The van der Waals surface area contributed by atoms with E-state index in [0.717, 1.165) is 29.1 Å². The Kier molecular flexibility index (Phi) is 5.63. The largest absolute Gasteiger partial charge is 0.497 e. The van der Waals surface area contributed by atoms with Crippen LogP contribution in [0.2, 0.25) is 0 Å². The molecule has 0 saturated heterocycles. The number of methoxy groups -OCH3 is 2. The van der Waals surface area contributed by atoms with Crippen LogP contribution in [0, 0.1) is 5.92 Å². The van der Waals surface area contributed by atoms with E-state index in [9.17, 15) is 0 Å². The zero-order valence-corrected chi connectivity index (χ0v) is 11.5. The summed E-state index contributed by atoms with van der Waals surface area (Å²) >= 11 is 3.45. The minimum atomic E-state index is 0.481. The number of anilines is 1. The molecular weight excluding hydrogens is 270 g/mol. The molecule has 0 aliphatic heterocycles. The molecular formula is C12H18BrNO2. The van der Waals surface area contributed by atoms with Crippen molar-refractivity contribution >= 4 is 21.6 Å². The normalized spacial score (nSPS) is 12.2. The van der Waals surface area contributed by atoms with Crippen molar-refractivity contribution in [3.63, 3.8) is 0 Å². The van der Waals surface area contributed by atoms with Gasteiger partial charge in [-0.05, 0) is 18.1 Å². The van der Waals surface area contributed by atoms with Crippen LogP contribution in [0.25, 0.3) is 0 Å². The molecule has 90 valence electrons. The highest BCUT2D eigenvalue weighted by molar-refractivity contribution is 9.10. The number of hydrogen-bond acceptors (Lipinski definition) is 3. The molecule has 1 aromatic carbocycles. The van der Waals surface area contributed by atoms with Crippen LogP contribution in [-0.4, -0.2) is 27.4 Å². The zero-order valence-electron chi connectivity index (χ0n) is 9.92. The molecule has 0 radical (unpaired) electrons. The van der Waals surface area contributed by atoms with Gasteiger partial charge in [0.1, 0.15) is 5.75 Å². The van der Waals surface area contributed by atoms with E-state index in [4.69, 9.17) is 9.47 Å². The van der Waals surface area contributed by atoms with Gasteiger partial charge in [0.25, 0.3) is 0 Å². The van der Waals surface area contributed by atoms with Gasteiger partial charge < -0.3 is 14.8 Å². The lowest BCUT2D eigenvalue weighted by atomic mass is 10.2. The predicted octanol–water partition coefficient (Wildman–Crippen LogP) is 3.15. The van der Waals surface area contributed by atoms with E-state index in [1.807, 2.05) is 18.2 Å². The fraction of sp³-hybridized carbons (Fsp3) is 0.500. The molecule has 1 aromatic rings. The smallest absolute Gasteiger partial charge is 0.122 e. The molecule has 1 unspecified atom stereocenters. The topological polar surface area (TPSA) is 30.5 Å². The highest BCUT2D eigenvalue weighted by Gasteiger charge is 2.03. The van der Waals surface area contributed by atoms with Crippen LogP contribution in [0.4, 0.5) is 5.69 Å². The van der Waals surface area contributed by atoms with Gasteiger partial charge in [0.2, 0.25) is 0 Å². The molecule has 1 N–H and O–H groups in total. The summed E-state index contributed by atoms with van der Waals surface area (Å²) in [6.45, 7) is 3.79. The second-order valence-electron chi connectivity index (χ2n) is 3.82. The number of nitrogens with one attached hydrogen (secondary N) is 1. The first-order chi connectivity index (χ1) is 7.65. The monoisotopic (exact) mass is 287 g/mol. The number of rotatable bonds is 6. The Morgan fingerprint density at radius 3 is 2.69 bits per heavy atom. The summed E-state index contributed by atoms with van der Waals surface area (Å²) in [4.78, 5) is 0. The average Bonchev–Trinajstić information content (AvgIpc) is 2.26. The molecule has 0 saturated carbocycles. The Labute approximate surface area is 105 Å². The second-order valence-corrected chi connectivity index (χ2v) is 4.74. The molecule has 4 heteroatoms. The van der Waals surface area contributed by atoms with Gasteiger partial charge >= 0.3 is 0 Å². The SMILES string of the molecule is COCC(C)CNc1cc(Br)cc(OC)c1. The lowest BCUT2D eigenvalue weighted by molar-refractivity contribution is 0.164. The maximum absolute atomic E-state index is 5.20. The number of halogens is 1. The van der Waals surface area contributed by atoms with Crippen molar-refractivity contribution in [3.05, 3.63) is 22.7 Å². The van der Waals surface area contributed by atoms with Crippen molar-refractivity contribution in [3.8, 4) is 5.75 Å². The predicted molar refractivity (Wildman–Crippen MR) is 70.2 cm³/mol. The fourth-order valence-electron chi connectivity index (χ4n) is 1.42.